The second-order valence-electron chi connectivity index (χ2n) is 9.79. The second-order valence-corrected chi connectivity index (χ2v) is 11.1. The third-order valence-corrected chi connectivity index (χ3v) is 7.19. The van der Waals surface area contributed by atoms with Crippen LogP contribution in [0.4, 0.5) is 16.2 Å². The molecule has 0 heterocycles. The molecule has 1 amide bonds. The number of carbonyl (C=O) groups excluding carboxylic acids is 3. The van der Waals surface area contributed by atoms with Gasteiger partial charge in [-0.15, -0.1) is 0 Å². The molecule has 0 fully saturated rings. The fraction of sp³-hybridized carbons (Fsp3) is 0.364. The maximum Gasteiger partial charge on any atom is 0.422 e. The van der Waals surface area contributed by atoms with Crippen LogP contribution in [0.1, 0.15) is 34.0 Å². The van der Waals surface area contributed by atoms with Gasteiger partial charge in [-0.1, -0.05) is 51.8 Å². The highest BCUT2D eigenvalue weighted by Crippen LogP contribution is 2.34. The van der Waals surface area contributed by atoms with Crippen LogP contribution >= 0.6 is 27.5 Å². The fourth-order valence-corrected chi connectivity index (χ4v) is 4.92. The van der Waals surface area contributed by atoms with E-state index in [9.17, 15) is 14.4 Å². The largest absolute Gasteiger partial charge is 0.424 e. The number of esters is 1. The summed E-state index contributed by atoms with van der Waals surface area (Å²) in [5.74, 6) is -0.952. The number of amides is 1. The van der Waals surface area contributed by atoms with Crippen LogP contribution in [-0.2, 0) is 33.2 Å². The lowest BCUT2D eigenvalue weighted by molar-refractivity contribution is -0.170. The lowest BCUT2D eigenvalue weighted by Gasteiger charge is -2.26. The van der Waals surface area contributed by atoms with E-state index in [4.69, 9.17) is 40.0 Å². The molecule has 0 aliphatic carbocycles. The van der Waals surface area contributed by atoms with E-state index in [0.29, 0.717) is 48.9 Å². The van der Waals surface area contributed by atoms with Crippen LogP contribution in [0.15, 0.2) is 65.1 Å². The first kappa shape index (κ1) is 36.2. The van der Waals surface area contributed by atoms with E-state index in [0.717, 1.165) is 15.6 Å². The minimum Gasteiger partial charge on any atom is -0.424 e. The summed E-state index contributed by atoms with van der Waals surface area (Å²) in [6.45, 7) is 7.00. The first-order valence-electron chi connectivity index (χ1n) is 14.2. The van der Waals surface area contributed by atoms with Crippen LogP contribution in [0.2, 0.25) is 5.02 Å². The van der Waals surface area contributed by atoms with Gasteiger partial charge in [0.15, 0.2) is 5.78 Å². The van der Waals surface area contributed by atoms with Crippen LogP contribution in [-0.4, -0.2) is 77.5 Å². The number of benzene rings is 3. The Labute approximate surface area is 276 Å². The molecule has 10 nitrogen and oxygen atoms in total. The van der Waals surface area contributed by atoms with Crippen molar-refractivity contribution in [3.05, 3.63) is 92.4 Å². The predicted molar refractivity (Wildman–Crippen MR) is 173 cm³/mol. The average Bonchev–Trinajstić information content (AvgIpc) is 2.99. The molecule has 0 bridgehead atoms. The molecular formula is C33H37BrClNO9. The van der Waals surface area contributed by atoms with E-state index in [1.807, 2.05) is 32.0 Å². The smallest absolute Gasteiger partial charge is 0.422 e. The molecule has 0 saturated heterocycles. The highest BCUT2D eigenvalue weighted by Gasteiger charge is 2.26. The minimum atomic E-state index is -1.23. The molecule has 0 spiro atoms. The Morgan fingerprint density at radius 2 is 1.47 bits per heavy atom. The van der Waals surface area contributed by atoms with Crippen molar-refractivity contribution in [3.8, 4) is 0 Å². The van der Waals surface area contributed by atoms with E-state index in [1.165, 1.54) is 17.9 Å². The minimum absolute atomic E-state index is 0.160. The molecule has 1 unspecified atom stereocenters. The molecule has 3 rings (SSSR count). The van der Waals surface area contributed by atoms with Crippen molar-refractivity contribution in [1.82, 2.24) is 0 Å². The number of nitrogens with zero attached hydrogens (tertiary/aromatic N) is 1. The number of halogens is 2. The second kappa shape index (κ2) is 18.6. The van der Waals surface area contributed by atoms with Gasteiger partial charge in [-0.05, 0) is 61.4 Å². The van der Waals surface area contributed by atoms with E-state index >= 15 is 0 Å². The van der Waals surface area contributed by atoms with Gasteiger partial charge in [-0.3, -0.25) is 4.79 Å². The van der Waals surface area contributed by atoms with E-state index < -0.39 is 18.4 Å². The predicted octanol–water partition coefficient (Wildman–Crippen LogP) is 6.81. The number of methoxy groups -OCH3 is 1. The summed E-state index contributed by atoms with van der Waals surface area (Å²) in [7, 11) is 1.60. The maximum absolute atomic E-state index is 13.5. The molecule has 3 aromatic carbocycles. The van der Waals surface area contributed by atoms with E-state index in [2.05, 4.69) is 15.9 Å². The number of carbonyl (C=O) groups is 3. The monoisotopic (exact) mass is 705 g/mol. The first-order valence-corrected chi connectivity index (χ1v) is 15.4. The highest BCUT2D eigenvalue weighted by molar-refractivity contribution is 9.10. The summed E-state index contributed by atoms with van der Waals surface area (Å²) in [6, 6.07) is 17.3. The van der Waals surface area contributed by atoms with Crippen LogP contribution < -0.4 is 4.90 Å². The summed E-state index contributed by atoms with van der Waals surface area (Å²) >= 11 is 10.0. The maximum atomic E-state index is 13.5. The van der Waals surface area contributed by atoms with Crippen LogP contribution in [0.25, 0.3) is 0 Å². The molecule has 1 atom stereocenters. The zero-order valence-corrected chi connectivity index (χ0v) is 28.0. The van der Waals surface area contributed by atoms with Crippen molar-refractivity contribution in [2.75, 3.05) is 58.3 Å². The van der Waals surface area contributed by atoms with Crippen molar-refractivity contribution in [3.63, 3.8) is 0 Å². The molecule has 0 N–H and O–H groups in total. The Kier molecular flexibility index (Phi) is 14.9. The van der Waals surface area contributed by atoms with Crippen molar-refractivity contribution >= 4 is 56.8 Å². The number of hydrogen-bond donors (Lipinski definition) is 0. The number of rotatable bonds is 17. The Hall–Kier alpha value is -3.32. The number of ketones is 1. The molecule has 0 aromatic heterocycles. The molecule has 0 aliphatic rings. The molecule has 0 aliphatic heterocycles. The lowest BCUT2D eigenvalue weighted by Crippen LogP contribution is -2.33. The van der Waals surface area contributed by atoms with Gasteiger partial charge in [0, 0.05) is 29.6 Å². The van der Waals surface area contributed by atoms with Gasteiger partial charge in [0.25, 0.3) is 0 Å². The quantitative estimate of drug-likeness (QED) is 0.0647. The van der Waals surface area contributed by atoms with Crippen molar-refractivity contribution in [1.29, 1.82) is 0 Å². The molecule has 242 valence electrons. The van der Waals surface area contributed by atoms with Crippen LogP contribution in [0.3, 0.4) is 0 Å². The molecule has 0 saturated carbocycles. The molecule has 0 radical (unpaired) electrons. The highest BCUT2D eigenvalue weighted by atomic mass is 79.9. The van der Waals surface area contributed by atoms with Gasteiger partial charge < -0.3 is 28.4 Å². The zero-order valence-electron chi connectivity index (χ0n) is 25.7. The van der Waals surface area contributed by atoms with Gasteiger partial charge in [0.1, 0.15) is 6.61 Å². The number of aryl methyl sites for hydroxylation is 2. The van der Waals surface area contributed by atoms with E-state index in [1.54, 1.807) is 43.5 Å². The Morgan fingerprint density at radius 1 is 0.800 bits per heavy atom. The van der Waals surface area contributed by atoms with Gasteiger partial charge in [0.05, 0.1) is 56.0 Å². The molecular weight excluding hydrogens is 670 g/mol. The molecule has 12 heteroatoms. The number of anilines is 2. The van der Waals surface area contributed by atoms with Gasteiger partial charge in [-0.25, -0.2) is 14.5 Å². The third-order valence-electron chi connectivity index (χ3n) is 6.39. The zero-order chi connectivity index (χ0) is 32.8. The van der Waals surface area contributed by atoms with Crippen LogP contribution in [0, 0.1) is 13.8 Å². The Bertz CT molecular complexity index is 1450. The summed E-state index contributed by atoms with van der Waals surface area (Å²) in [5.41, 5.74) is 3.24. The SMILES string of the molecule is COCCOCCOCCOCC(=O)OC(C)OC(=O)N(c1ccc(C(=O)c2ccccc2C)c(Cl)c1)c1ccc(Br)cc1C. The average molecular weight is 707 g/mol. The number of ether oxygens (including phenoxy) is 6. The topological polar surface area (TPSA) is 110 Å². The normalized spacial score (nSPS) is 11.6. The number of hydrogen-bond acceptors (Lipinski definition) is 9. The lowest BCUT2D eigenvalue weighted by atomic mass is 9.99. The Balaban J connectivity index is 1.64. The van der Waals surface area contributed by atoms with Crippen LogP contribution in [0.5, 0.6) is 0 Å². The van der Waals surface area contributed by atoms with Gasteiger partial charge in [0.2, 0.25) is 6.29 Å². The Morgan fingerprint density at radius 3 is 2.11 bits per heavy atom. The van der Waals surface area contributed by atoms with Gasteiger partial charge >= 0.3 is 12.1 Å². The molecule has 45 heavy (non-hydrogen) atoms. The van der Waals surface area contributed by atoms with Crippen molar-refractivity contribution in [2.24, 2.45) is 0 Å². The van der Waals surface area contributed by atoms with Crippen molar-refractivity contribution in [2.45, 2.75) is 27.1 Å². The van der Waals surface area contributed by atoms with Gasteiger partial charge in [-0.2, -0.15) is 0 Å². The standard InChI is InChI=1S/C33H37BrClNO9/c1-22-7-5-6-8-27(22)32(38)28-11-10-26(20-29(28)35)36(30-12-9-25(34)19-23(30)2)33(39)45-24(3)44-31(37)21-43-18-17-42-16-15-41-14-13-40-4/h5-12,19-20,24H,13-18,21H2,1-4H3. The third kappa shape index (κ3) is 11.2. The fourth-order valence-electron chi connectivity index (χ4n) is 4.19. The first-order chi connectivity index (χ1) is 21.6. The molecule has 3 aromatic rings. The summed E-state index contributed by atoms with van der Waals surface area (Å²) in [6.07, 6.45) is -2.05. The van der Waals surface area contributed by atoms with Crippen molar-refractivity contribution < 1.29 is 42.8 Å². The summed E-state index contributed by atoms with van der Waals surface area (Å²) < 4.78 is 32.4. The van der Waals surface area contributed by atoms with E-state index in [-0.39, 0.29) is 30.6 Å². The summed E-state index contributed by atoms with van der Waals surface area (Å²) in [4.78, 5) is 40.3. The summed E-state index contributed by atoms with van der Waals surface area (Å²) in [5, 5.41) is 0.160.